The normalized spacial score (nSPS) is 32.6. The molecule has 1 heterocycles. The molecule has 1 saturated heterocycles. The van der Waals surface area contributed by atoms with E-state index in [9.17, 15) is 5.26 Å². The Morgan fingerprint density at radius 1 is 0.853 bits per heavy atom. The lowest BCUT2D eigenvalue weighted by Gasteiger charge is -2.44. The first kappa shape index (κ1) is 19.1. The molecular weight excluding hydrogens is 438 g/mol. The number of nitrogens with zero attached hydrogens (tertiary/aromatic N) is 3. The number of hydrazine groups is 1. The van der Waals surface area contributed by atoms with Crippen LogP contribution in [0, 0.1) is 41.0 Å². The molecule has 3 nitrogen and oxygen atoms in total. The minimum absolute atomic E-state index is 0.203. The SMILES string of the molecule is N#CN1[C@@H]2[C@H]3C[C@@H]([C@@H]4CC=C[C@H]43)[C@H]2C2(c3ccccc3-c3ccccc32)N1c1ccc(Cl)cc1. The number of allylic oxidation sites excluding steroid dienone is 2. The van der Waals surface area contributed by atoms with Gasteiger partial charge in [-0.15, -0.1) is 0 Å². The second-order valence-corrected chi connectivity index (χ2v) is 11.0. The molecule has 34 heavy (non-hydrogen) atoms. The number of rotatable bonds is 1. The zero-order chi connectivity index (χ0) is 22.6. The third-order valence-corrected chi connectivity index (χ3v) is 9.82. The van der Waals surface area contributed by atoms with Crippen LogP contribution in [-0.2, 0) is 5.54 Å². The zero-order valence-corrected chi connectivity index (χ0v) is 19.4. The Labute approximate surface area is 204 Å². The van der Waals surface area contributed by atoms with Gasteiger partial charge in [-0.25, -0.2) is 5.01 Å². The molecule has 2 bridgehead atoms. The lowest BCUT2D eigenvalue weighted by atomic mass is 9.63. The van der Waals surface area contributed by atoms with E-state index < -0.39 is 5.54 Å². The smallest absolute Gasteiger partial charge is 0.200 e. The number of nitriles is 1. The maximum Gasteiger partial charge on any atom is 0.200 e. The second-order valence-electron chi connectivity index (χ2n) is 10.6. The summed E-state index contributed by atoms with van der Waals surface area (Å²) in [6.45, 7) is 0. The van der Waals surface area contributed by atoms with E-state index in [1.807, 2.05) is 12.1 Å². The summed E-state index contributed by atoms with van der Waals surface area (Å²) in [7, 11) is 0. The second kappa shape index (κ2) is 6.46. The van der Waals surface area contributed by atoms with Gasteiger partial charge in [0.2, 0.25) is 0 Å². The van der Waals surface area contributed by atoms with Crippen molar-refractivity contribution in [3.05, 3.63) is 101 Å². The predicted molar refractivity (Wildman–Crippen MR) is 134 cm³/mol. The predicted octanol–water partition coefficient (Wildman–Crippen LogP) is 6.61. The fourth-order valence-electron chi connectivity index (χ4n) is 8.75. The van der Waals surface area contributed by atoms with Gasteiger partial charge in [0.25, 0.3) is 0 Å². The number of fused-ring (bicyclic) bond motifs is 14. The highest BCUT2D eigenvalue weighted by Gasteiger charge is 2.74. The van der Waals surface area contributed by atoms with Crippen molar-refractivity contribution < 1.29 is 0 Å². The minimum atomic E-state index is -0.394. The third-order valence-electron chi connectivity index (χ3n) is 9.57. The monoisotopic (exact) mass is 461 g/mol. The summed E-state index contributed by atoms with van der Waals surface area (Å²) in [6, 6.07) is 26.1. The van der Waals surface area contributed by atoms with Crippen molar-refractivity contribution >= 4 is 17.3 Å². The first-order valence-corrected chi connectivity index (χ1v) is 12.7. The van der Waals surface area contributed by atoms with Crippen LogP contribution in [0.1, 0.15) is 24.0 Å². The first-order valence-electron chi connectivity index (χ1n) is 12.4. The van der Waals surface area contributed by atoms with E-state index in [1.165, 1.54) is 35.1 Å². The Morgan fingerprint density at radius 3 is 2.21 bits per heavy atom. The van der Waals surface area contributed by atoms with Crippen LogP contribution in [0.5, 0.6) is 0 Å². The van der Waals surface area contributed by atoms with Crippen LogP contribution >= 0.6 is 11.6 Å². The topological polar surface area (TPSA) is 30.3 Å². The highest BCUT2D eigenvalue weighted by atomic mass is 35.5. The van der Waals surface area contributed by atoms with E-state index >= 15 is 0 Å². The molecule has 1 spiro atoms. The maximum absolute atomic E-state index is 10.7. The van der Waals surface area contributed by atoms with Crippen LogP contribution in [0.4, 0.5) is 5.69 Å². The fourth-order valence-corrected chi connectivity index (χ4v) is 8.87. The molecule has 6 atom stereocenters. The minimum Gasteiger partial charge on any atom is -0.261 e. The fraction of sp³-hybridized carbons (Fsp3) is 0.300. The molecule has 5 aliphatic rings. The highest BCUT2D eigenvalue weighted by Crippen LogP contribution is 2.72. The Morgan fingerprint density at radius 2 is 1.53 bits per heavy atom. The number of anilines is 1. The molecule has 3 aromatic rings. The molecule has 8 rings (SSSR count). The molecule has 0 radical (unpaired) electrons. The van der Waals surface area contributed by atoms with Gasteiger partial charge < -0.3 is 0 Å². The lowest BCUT2D eigenvalue weighted by Crippen LogP contribution is -2.50. The molecule has 0 N–H and O–H groups in total. The van der Waals surface area contributed by atoms with Gasteiger partial charge >= 0.3 is 0 Å². The molecule has 0 unspecified atom stereocenters. The van der Waals surface area contributed by atoms with Gasteiger partial charge in [0.1, 0.15) is 5.54 Å². The highest BCUT2D eigenvalue weighted by molar-refractivity contribution is 6.30. The van der Waals surface area contributed by atoms with E-state index in [0.29, 0.717) is 34.6 Å². The largest absolute Gasteiger partial charge is 0.261 e. The molecule has 3 aromatic carbocycles. The quantitative estimate of drug-likeness (QED) is 0.302. The molecular formula is C30H24ClN3. The Kier molecular flexibility index (Phi) is 3.64. The molecule has 0 amide bonds. The van der Waals surface area contributed by atoms with E-state index in [2.05, 4.69) is 89.0 Å². The van der Waals surface area contributed by atoms with Crippen molar-refractivity contribution in [3.63, 3.8) is 0 Å². The average Bonchev–Trinajstić information content (AvgIpc) is 3.66. The summed E-state index contributed by atoms with van der Waals surface area (Å²) in [5.74, 6) is 2.79. The van der Waals surface area contributed by atoms with Gasteiger partial charge in [-0.3, -0.25) is 5.01 Å². The number of hydrogen-bond acceptors (Lipinski definition) is 3. The van der Waals surface area contributed by atoms with Gasteiger partial charge in [0.15, 0.2) is 6.19 Å². The Bertz CT molecular complexity index is 1360. The van der Waals surface area contributed by atoms with E-state index in [0.717, 1.165) is 5.69 Å². The van der Waals surface area contributed by atoms with Crippen molar-refractivity contribution in [2.45, 2.75) is 24.4 Å². The summed E-state index contributed by atoms with van der Waals surface area (Å²) in [5.41, 5.74) is 5.93. The van der Waals surface area contributed by atoms with Gasteiger partial charge in [-0.2, -0.15) is 5.26 Å². The molecule has 1 aliphatic heterocycles. The van der Waals surface area contributed by atoms with Gasteiger partial charge in [0.05, 0.1) is 11.7 Å². The standard InChI is InChI=1S/C30H24ClN3/c31-18-12-14-19(15-13-18)34-30(26-10-3-1-6-22(26)23-7-2-4-11-27(23)30)28-24-16-25(29(28)33(34)17-32)21-9-5-8-20(21)24/h1-7,9-15,20-21,24-25,28-29H,8,16H2/t20-,21-,24+,25+,28-,29-/m1/s1. The van der Waals surface area contributed by atoms with Crippen LogP contribution in [0.3, 0.4) is 0 Å². The van der Waals surface area contributed by atoms with Crippen molar-refractivity contribution in [2.75, 3.05) is 5.01 Å². The van der Waals surface area contributed by atoms with Crippen molar-refractivity contribution in [3.8, 4) is 17.3 Å². The van der Waals surface area contributed by atoms with Crippen molar-refractivity contribution in [1.29, 1.82) is 5.26 Å². The Balaban J connectivity index is 1.47. The van der Waals surface area contributed by atoms with Crippen LogP contribution in [0.15, 0.2) is 84.9 Å². The van der Waals surface area contributed by atoms with E-state index in [1.54, 1.807) is 0 Å². The van der Waals surface area contributed by atoms with Crippen molar-refractivity contribution in [1.82, 2.24) is 5.01 Å². The summed E-state index contributed by atoms with van der Waals surface area (Å²) < 4.78 is 0. The van der Waals surface area contributed by atoms with Gasteiger partial charge in [-0.05, 0) is 83.0 Å². The number of hydrogen-bond donors (Lipinski definition) is 0. The van der Waals surface area contributed by atoms with E-state index in [-0.39, 0.29) is 6.04 Å². The maximum atomic E-state index is 10.7. The lowest BCUT2D eigenvalue weighted by molar-refractivity contribution is 0.131. The van der Waals surface area contributed by atoms with E-state index in [4.69, 9.17) is 11.6 Å². The number of halogens is 1. The molecule has 3 fully saturated rings. The third kappa shape index (κ3) is 2.02. The van der Waals surface area contributed by atoms with Crippen LogP contribution in [0.2, 0.25) is 5.02 Å². The van der Waals surface area contributed by atoms with Gasteiger partial charge in [-0.1, -0.05) is 72.3 Å². The average molecular weight is 462 g/mol. The molecule has 4 aliphatic carbocycles. The summed E-state index contributed by atoms with van der Waals surface area (Å²) in [6.07, 6.45) is 9.94. The van der Waals surface area contributed by atoms with Crippen LogP contribution < -0.4 is 5.01 Å². The molecule has 166 valence electrons. The van der Waals surface area contributed by atoms with Crippen LogP contribution in [-0.4, -0.2) is 11.1 Å². The number of benzene rings is 3. The molecule has 4 heteroatoms. The summed E-state index contributed by atoms with van der Waals surface area (Å²) in [4.78, 5) is 0. The molecule has 0 aromatic heterocycles. The zero-order valence-electron chi connectivity index (χ0n) is 18.7. The molecule has 2 saturated carbocycles. The summed E-state index contributed by atoms with van der Waals surface area (Å²) >= 11 is 6.31. The first-order chi connectivity index (χ1) is 16.7. The van der Waals surface area contributed by atoms with Crippen LogP contribution in [0.25, 0.3) is 11.1 Å². The van der Waals surface area contributed by atoms with Crippen molar-refractivity contribution in [2.24, 2.45) is 29.6 Å². The Hall–Kier alpha value is -3.22. The van der Waals surface area contributed by atoms with Gasteiger partial charge in [0, 0.05) is 10.9 Å². The summed E-state index contributed by atoms with van der Waals surface area (Å²) in [5, 5.41) is 15.8.